The molecule has 2 aromatic rings. The maximum Gasteiger partial charge on any atom is 0.151 e. The molecule has 106 valence electrons. The third kappa shape index (κ3) is 2.95. The van der Waals surface area contributed by atoms with Crippen LogP contribution in [0.5, 0.6) is 0 Å². The van der Waals surface area contributed by atoms with Gasteiger partial charge in [-0.1, -0.05) is 0 Å². The van der Waals surface area contributed by atoms with Gasteiger partial charge in [0.25, 0.3) is 0 Å². The van der Waals surface area contributed by atoms with E-state index in [4.69, 9.17) is 4.42 Å². The normalized spacial score (nSPS) is 16.4. The highest BCUT2D eigenvalue weighted by Crippen LogP contribution is 2.26. The third-order valence-corrected chi connectivity index (χ3v) is 3.68. The topological polar surface area (TPSA) is 41.3 Å². The second kappa shape index (κ2) is 5.99. The molecule has 1 N–H and O–H groups in total. The second-order valence-electron chi connectivity index (χ2n) is 5.40. The van der Waals surface area contributed by atoms with Crippen molar-refractivity contribution in [1.29, 1.82) is 0 Å². The summed E-state index contributed by atoms with van der Waals surface area (Å²) in [5.41, 5.74) is 1.12. The van der Waals surface area contributed by atoms with Crippen molar-refractivity contribution in [2.75, 3.05) is 23.3 Å². The zero-order valence-electron chi connectivity index (χ0n) is 11.9. The van der Waals surface area contributed by atoms with Crippen molar-refractivity contribution in [2.24, 2.45) is 0 Å². The molecule has 1 fully saturated rings. The van der Waals surface area contributed by atoms with Gasteiger partial charge in [0.2, 0.25) is 0 Å². The van der Waals surface area contributed by atoms with Crippen molar-refractivity contribution < 1.29 is 4.42 Å². The number of hydrogen-bond donors (Lipinski definition) is 1. The van der Waals surface area contributed by atoms with Gasteiger partial charge in [-0.25, -0.2) is 4.98 Å². The summed E-state index contributed by atoms with van der Waals surface area (Å²) in [5, 5.41) is 3.56. The van der Waals surface area contributed by atoms with E-state index in [-0.39, 0.29) is 0 Å². The fourth-order valence-corrected chi connectivity index (χ4v) is 2.74. The number of hydrogen-bond acceptors (Lipinski definition) is 4. The van der Waals surface area contributed by atoms with E-state index in [0.717, 1.165) is 36.8 Å². The van der Waals surface area contributed by atoms with Gasteiger partial charge in [0.1, 0.15) is 5.76 Å². The van der Waals surface area contributed by atoms with E-state index in [2.05, 4.69) is 28.2 Å². The Balaban J connectivity index is 1.70. The Hall–Kier alpha value is -1.97. The van der Waals surface area contributed by atoms with Crippen LogP contribution < -0.4 is 10.2 Å². The Kier molecular flexibility index (Phi) is 3.90. The molecule has 1 unspecified atom stereocenters. The van der Waals surface area contributed by atoms with E-state index in [1.807, 2.05) is 24.4 Å². The van der Waals surface area contributed by atoms with E-state index < -0.39 is 0 Å². The van der Waals surface area contributed by atoms with Gasteiger partial charge in [0, 0.05) is 31.7 Å². The van der Waals surface area contributed by atoms with E-state index in [1.54, 1.807) is 6.26 Å². The highest BCUT2D eigenvalue weighted by molar-refractivity contribution is 5.66. The number of nitrogens with one attached hydrogen (secondary N) is 1. The molecule has 0 saturated carbocycles. The van der Waals surface area contributed by atoms with E-state index in [1.165, 1.54) is 12.8 Å². The highest BCUT2D eigenvalue weighted by atomic mass is 16.3. The molecule has 0 bridgehead atoms. The predicted molar refractivity (Wildman–Crippen MR) is 81.2 cm³/mol. The van der Waals surface area contributed by atoms with Crippen molar-refractivity contribution >= 4 is 11.5 Å². The molecule has 0 amide bonds. The van der Waals surface area contributed by atoms with Gasteiger partial charge in [0.15, 0.2) is 5.82 Å². The Morgan fingerprint density at radius 3 is 2.90 bits per heavy atom. The fourth-order valence-electron chi connectivity index (χ4n) is 2.74. The minimum Gasteiger partial charge on any atom is -0.469 e. The first-order valence-corrected chi connectivity index (χ1v) is 7.32. The third-order valence-electron chi connectivity index (χ3n) is 3.68. The minimum absolute atomic E-state index is 0.312. The lowest BCUT2D eigenvalue weighted by Crippen LogP contribution is -2.24. The van der Waals surface area contributed by atoms with Crippen LogP contribution in [0.1, 0.15) is 25.5 Å². The lowest BCUT2D eigenvalue weighted by Gasteiger charge is -2.22. The van der Waals surface area contributed by atoms with Crippen molar-refractivity contribution in [3.8, 4) is 0 Å². The molecular weight excluding hydrogens is 250 g/mol. The van der Waals surface area contributed by atoms with Crippen molar-refractivity contribution in [1.82, 2.24) is 4.98 Å². The molecule has 2 aromatic heterocycles. The molecule has 1 aliphatic rings. The van der Waals surface area contributed by atoms with Crippen LogP contribution in [0.2, 0.25) is 0 Å². The van der Waals surface area contributed by atoms with Crippen LogP contribution in [-0.4, -0.2) is 24.1 Å². The van der Waals surface area contributed by atoms with Gasteiger partial charge in [-0.2, -0.15) is 0 Å². The molecule has 0 aliphatic carbocycles. The van der Waals surface area contributed by atoms with Crippen LogP contribution in [0, 0.1) is 0 Å². The number of pyridine rings is 1. The molecule has 0 radical (unpaired) electrons. The van der Waals surface area contributed by atoms with Crippen molar-refractivity contribution in [2.45, 2.75) is 32.2 Å². The molecule has 3 heterocycles. The molecule has 20 heavy (non-hydrogen) atoms. The Morgan fingerprint density at radius 2 is 2.15 bits per heavy atom. The van der Waals surface area contributed by atoms with Crippen molar-refractivity contribution in [3.05, 3.63) is 42.5 Å². The van der Waals surface area contributed by atoms with Gasteiger partial charge >= 0.3 is 0 Å². The second-order valence-corrected chi connectivity index (χ2v) is 5.40. The highest BCUT2D eigenvalue weighted by Gasteiger charge is 2.17. The number of furan rings is 1. The van der Waals surface area contributed by atoms with Gasteiger partial charge in [-0.15, -0.1) is 0 Å². The summed E-state index contributed by atoms with van der Waals surface area (Å²) in [7, 11) is 0. The van der Waals surface area contributed by atoms with Crippen molar-refractivity contribution in [3.63, 3.8) is 0 Å². The molecule has 4 nitrogen and oxygen atoms in total. The molecule has 4 heteroatoms. The molecule has 1 saturated heterocycles. The van der Waals surface area contributed by atoms with E-state index in [9.17, 15) is 0 Å². The lowest BCUT2D eigenvalue weighted by molar-refractivity contribution is 0.498. The van der Waals surface area contributed by atoms with Gasteiger partial charge in [-0.05, 0) is 44.0 Å². The van der Waals surface area contributed by atoms with Crippen LogP contribution >= 0.6 is 0 Å². The summed E-state index contributed by atoms with van der Waals surface area (Å²) in [6.07, 6.45) is 7.00. The first-order valence-electron chi connectivity index (χ1n) is 7.32. The minimum atomic E-state index is 0.312. The SMILES string of the molecule is CC(Cc1ccco1)Nc1cccnc1N1CCCC1. The summed E-state index contributed by atoms with van der Waals surface area (Å²) in [6.45, 7) is 4.39. The molecule has 1 atom stereocenters. The fraction of sp³-hybridized carbons (Fsp3) is 0.438. The lowest BCUT2D eigenvalue weighted by atomic mass is 10.2. The molecule has 0 spiro atoms. The first kappa shape index (κ1) is 13.0. The molecule has 1 aliphatic heterocycles. The summed E-state index contributed by atoms with van der Waals surface area (Å²) in [4.78, 5) is 6.91. The van der Waals surface area contributed by atoms with Crippen LogP contribution in [0.4, 0.5) is 11.5 Å². The summed E-state index contributed by atoms with van der Waals surface area (Å²) in [6, 6.07) is 8.36. The summed E-state index contributed by atoms with van der Waals surface area (Å²) in [5.74, 6) is 2.09. The average Bonchev–Trinajstić information content (AvgIpc) is 3.11. The van der Waals surface area contributed by atoms with Crippen LogP contribution in [-0.2, 0) is 6.42 Å². The van der Waals surface area contributed by atoms with Crippen LogP contribution in [0.3, 0.4) is 0 Å². The maximum atomic E-state index is 5.41. The maximum absolute atomic E-state index is 5.41. The quantitative estimate of drug-likeness (QED) is 0.905. The number of rotatable bonds is 5. The largest absolute Gasteiger partial charge is 0.469 e. The predicted octanol–water partition coefficient (Wildman–Crippen LogP) is 3.32. The van der Waals surface area contributed by atoms with E-state index >= 15 is 0 Å². The zero-order valence-corrected chi connectivity index (χ0v) is 11.9. The first-order chi connectivity index (χ1) is 9.83. The van der Waals surface area contributed by atoms with Crippen LogP contribution in [0.15, 0.2) is 41.1 Å². The summed E-state index contributed by atoms with van der Waals surface area (Å²) >= 11 is 0. The molecule has 3 rings (SSSR count). The number of nitrogens with zero attached hydrogens (tertiary/aromatic N) is 2. The van der Waals surface area contributed by atoms with E-state index in [0.29, 0.717) is 6.04 Å². The number of anilines is 2. The monoisotopic (exact) mass is 271 g/mol. The average molecular weight is 271 g/mol. The smallest absolute Gasteiger partial charge is 0.151 e. The number of aromatic nitrogens is 1. The Morgan fingerprint density at radius 1 is 1.30 bits per heavy atom. The standard InChI is InChI=1S/C16H21N3O/c1-13(12-14-6-5-11-20-14)18-15-7-4-8-17-16(15)19-9-2-3-10-19/h4-8,11,13,18H,2-3,9-10,12H2,1H3. The Labute approximate surface area is 119 Å². The van der Waals surface area contributed by atoms with Gasteiger partial charge in [-0.3, -0.25) is 0 Å². The van der Waals surface area contributed by atoms with Gasteiger partial charge in [0.05, 0.1) is 12.0 Å². The Bertz CT molecular complexity index is 532. The van der Waals surface area contributed by atoms with Gasteiger partial charge < -0.3 is 14.6 Å². The zero-order chi connectivity index (χ0) is 13.8. The van der Waals surface area contributed by atoms with Crippen LogP contribution in [0.25, 0.3) is 0 Å². The molecular formula is C16H21N3O. The molecule has 0 aromatic carbocycles. The summed E-state index contributed by atoms with van der Waals surface area (Å²) < 4.78 is 5.41.